The average Bonchev–Trinajstić information content (AvgIpc) is 2.93. The van der Waals surface area contributed by atoms with Crippen molar-refractivity contribution in [3.8, 4) is 0 Å². The molecule has 0 saturated carbocycles. The summed E-state index contributed by atoms with van der Waals surface area (Å²) in [7, 11) is 0. The van der Waals surface area contributed by atoms with E-state index in [9.17, 15) is 14.4 Å². The monoisotopic (exact) mass is 343 g/mol. The molecule has 0 spiro atoms. The van der Waals surface area contributed by atoms with Crippen molar-refractivity contribution in [2.24, 2.45) is 0 Å². The lowest BCUT2D eigenvalue weighted by Crippen LogP contribution is -2.51. The predicted molar refractivity (Wildman–Crippen MR) is 93.9 cm³/mol. The van der Waals surface area contributed by atoms with Crippen LogP contribution in [0.4, 0.5) is 0 Å². The van der Waals surface area contributed by atoms with Gasteiger partial charge in [-0.3, -0.25) is 24.2 Å². The fraction of sp³-hybridized carbons (Fsp3) is 0.526. The molecular formula is C19H25N3O3. The Labute approximate surface area is 148 Å². The number of nitrogens with zero attached hydrogens (tertiary/aromatic N) is 3. The van der Waals surface area contributed by atoms with Crippen LogP contribution in [0.2, 0.25) is 0 Å². The summed E-state index contributed by atoms with van der Waals surface area (Å²) in [5, 5.41) is 0. The first-order chi connectivity index (χ1) is 12.0. The highest BCUT2D eigenvalue weighted by molar-refractivity contribution is 6.01. The second kappa shape index (κ2) is 7.78. The quantitative estimate of drug-likeness (QED) is 0.743. The van der Waals surface area contributed by atoms with Gasteiger partial charge in [0.2, 0.25) is 17.7 Å². The van der Waals surface area contributed by atoms with E-state index in [1.807, 2.05) is 36.1 Å². The molecule has 0 bridgehead atoms. The minimum Gasteiger partial charge on any atom is -0.340 e. The van der Waals surface area contributed by atoms with Crippen molar-refractivity contribution in [1.82, 2.24) is 14.7 Å². The molecule has 0 aromatic heterocycles. The Hall–Kier alpha value is -2.21. The van der Waals surface area contributed by atoms with Crippen LogP contribution in [0.3, 0.4) is 0 Å². The lowest BCUT2D eigenvalue weighted by atomic mass is 10.1. The summed E-state index contributed by atoms with van der Waals surface area (Å²) in [6, 6.07) is 7.99. The lowest BCUT2D eigenvalue weighted by Gasteiger charge is -2.35. The van der Waals surface area contributed by atoms with Gasteiger partial charge < -0.3 is 4.90 Å². The van der Waals surface area contributed by atoms with Crippen molar-refractivity contribution in [3.63, 3.8) is 0 Å². The third kappa shape index (κ3) is 4.25. The first kappa shape index (κ1) is 17.6. The maximum absolute atomic E-state index is 12.5. The number of benzene rings is 1. The number of hydrogen-bond acceptors (Lipinski definition) is 4. The molecule has 0 unspecified atom stereocenters. The van der Waals surface area contributed by atoms with Crippen LogP contribution in [0.1, 0.15) is 24.0 Å². The number of amides is 3. The van der Waals surface area contributed by atoms with Gasteiger partial charge in [-0.25, -0.2) is 0 Å². The highest BCUT2D eigenvalue weighted by Gasteiger charge is 2.29. The summed E-state index contributed by atoms with van der Waals surface area (Å²) < 4.78 is 0. The summed E-state index contributed by atoms with van der Waals surface area (Å²) in [6.07, 6.45) is 1.14. The Morgan fingerprint density at radius 3 is 2.24 bits per heavy atom. The smallest absolute Gasteiger partial charge is 0.229 e. The molecule has 3 rings (SSSR count). The van der Waals surface area contributed by atoms with Gasteiger partial charge >= 0.3 is 0 Å². The number of imide groups is 1. The van der Waals surface area contributed by atoms with Crippen LogP contribution in [0.25, 0.3) is 0 Å². The van der Waals surface area contributed by atoms with Gasteiger partial charge in [-0.2, -0.15) is 0 Å². The molecular weight excluding hydrogens is 318 g/mol. The van der Waals surface area contributed by atoms with Crippen LogP contribution in [-0.4, -0.2) is 71.7 Å². The Bertz CT molecular complexity index is 650. The number of aryl methyl sites for hydroxylation is 1. The molecule has 2 heterocycles. The summed E-state index contributed by atoms with van der Waals surface area (Å²) in [5.41, 5.74) is 2.23. The first-order valence-corrected chi connectivity index (χ1v) is 8.92. The third-order valence-electron chi connectivity index (χ3n) is 5.12. The molecule has 0 aliphatic carbocycles. The predicted octanol–water partition coefficient (Wildman–Crippen LogP) is 0.831. The Balaban J connectivity index is 1.44. The molecule has 1 aromatic carbocycles. The van der Waals surface area contributed by atoms with Crippen LogP contribution in [-0.2, 0) is 20.8 Å². The summed E-state index contributed by atoms with van der Waals surface area (Å²) >= 11 is 0. The van der Waals surface area contributed by atoms with E-state index in [2.05, 4.69) is 4.90 Å². The molecule has 2 saturated heterocycles. The number of hydrogen-bond donors (Lipinski definition) is 0. The van der Waals surface area contributed by atoms with E-state index >= 15 is 0 Å². The largest absolute Gasteiger partial charge is 0.340 e. The van der Waals surface area contributed by atoms with E-state index in [1.54, 1.807) is 0 Å². The van der Waals surface area contributed by atoms with Gasteiger partial charge in [0, 0.05) is 52.1 Å². The van der Waals surface area contributed by atoms with Crippen molar-refractivity contribution in [3.05, 3.63) is 35.4 Å². The summed E-state index contributed by atoms with van der Waals surface area (Å²) in [6.45, 7) is 6.16. The highest BCUT2D eigenvalue weighted by atomic mass is 16.2. The Morgan fingerprint density at radius 1 is 0.960 bits per heavy atom. The maximum Gasteiger partial charge on any atom is 0.229 e. The minimum atomic E-state index is -0.0583. The number of piperazine rings is 1. The van der Waals surface area contributed by atoms with Gasteiger partial charge in [0.25, 0.3) is 0 Å². The molecule has 2 fully saturated rings. The van der Waals surface area contributed by atoms with Crippen LogP contribution in [0.5, 0.6) is 0 Å². The molecule has 134 valence electrons. The molecule has 2 aliphatic rings. The normalized spacial score (nSPS) is 18.9. The van der Waals surface area contributed by atoms with Crippen molar-refractivity contribution < 1.29 is 14.4 Å². The van der Waals surface area contributed by atoms with E-state index in [0.29, 0.717) is 45.4 Å². The van der Waals surface area contributed by atoms with E-state index < -0.39 is 0 Å². The van der Waals surface area contributed by atoms with Crippen molar-refractivity contribution in [2.45, 2.75) is 26.2 Å². The van der Waals surface area contributed by atoms with Gasteiger partial charge in [0.05, 0.1) is 6.42 Å². The molecule has 1 aromatic rings. The van der Waals surface area contributed by atoms with Crippen molar-refractivity contribution in [1.29, 1.82) is 0 Å². The summed E-state index contributed by atoms with van der Waals surface area (Å²) in [5.74, 6) is 0.0490. The van der Waals surface area contributed by atoms with Gasteiger partial charge in [-0.05, 0) is 18.1 Å². The minimum absolute atomic E-state index is 0.0583. The van der Waals surface area contributed by atoms with Gasteiger partial charge in [-0.1, -0.05) is 24.3 Å². The van der Waals surface area contributed by atoms with Crippen molar-refractivity contribution in [2.75, 3.05) is 39.3 Å². The van der Waals surface area contributed by atoms with Gasteiger partial charge in [-0.15, -0.1) is 0 Å². The third-order valence-corrected chi connectivity index (χ3v) is 5.12. The Morgan fingerprint density at radius 2 is 1.60 bits per heavy atom. The van der Waals surface area contributed by atoms with Crippen molar-refractivity contribution >= 4 is 17.7 Å². The second-order valence-electron chi connectivity index (χ2n) is 6.76. The topological polar surface area (TPSA) is 60.9 Å². The van der Waals surface area contributed by atoms with Crippen LogP contribution < -0.4 is 0 Å². The average molecular weight is 343 g/mol. The number of likely N-dealkylation sites (tertiary alicyclic amines) is 1. The van der Waals surface area contributed by atoms with E-state index in [1.165, 1.54) is 4.90 Å². The standard InChI is InChI=1S/C19H25N3O3/c1-15-4-2-3-5-16(15)14-19(25)21-11-8-20(9-12-21)10-13-22-17(23)6-7-18(22)24/h2-5H,6-14H2,1H3. The molecule has 2 aliphatic heterocycles. The lowest BCUT2D eigenvalue weighted by molar-refractivity contribution is -0.138. The molecule has 6 nitrogen and oxygen atoms in total. The maximum atomic E-state index is 12.5. The molecule has 25 heavy (non-hydrogen) atoms. The highest BCUT2D eigenvalue weighted by Crippen LogP contribution is 2.13. The fourth-order valence-corrected chi connectivity index (χ4v) is 3.42. The first-order valence-electron chi connectivity index (χ1n) is 8.92. The van der Waals surface area contributed by atoms with E-state index in [-0.39, 0.29) is 17.7 Å². The Kier molecular flexibility index (Phi) is 5.48. The van der Waals surface area contributed by atoms with Crippen LogP contribution in [0.15, 0.2) is 24.3 Å². The molecule has 0 atom stereocenters. The zero-order valence-corrected chi connectivity index (χ0v) is 14.7. The SMILES string of the molecule is Cc1ccccc1CC(=O)N1CCN(CCN2C(=O)CCC2=O)CC1. The number of carbonyl (C=O) groups is 3. The number of rotatable bonds is 5. The van der Waals surface area contributed by atoms with Gasteiger partial charge in [0.1, 0.15) is 0 Å². The van der Waals surface area contributed by atoms with Crippen LogP contribution in [0, 0.1) is 6.92 Å². The summed E-state index contributed by atoms with van der Waals surface area (Å²) in [4.78, 5) is 41.3. The van der Waals surface area contributed by atoms with E-state index in [4.69, 9.17) is 0 Å². The van der Waals surface area contributed by atoms with E-state index in [0.717, 1.165) is 24.2 Å². The van der Waals surface area contributed by atoms with Crippen LogP contribution >= 0.6 is 0 Å². The molecule has 0 N–H and O–H groups in total. The molecule has 3 amide bonds. The fourth-order valence-electron chi connectivity index (χ4n) is 3.42. The van der Waals surface area contributed by atoms with Gasteiger partial charge in [0.15, 0.2) is 0 Å². The zero-order valence-electron chi connectivity index (χ0n) is 14.7. The number of carbonyl (C=O) groups excluding carboxylic acids is 3. The zero-order chi connectivity index (χ0) is 17.8. The molecule has 6 heteroatoms. The molecule has 0 radical (unpaired) electrons. The second-order valence-corrected chi connectivity index (χ2v) is 6.76.